The number of imidazole rings is 1. The molecule has 0 aliphatic rings. The Kier molecular flexibility index (Phi) is 3.25. The number of anilines is 1. The van der Waals surface area contributed by atoms with E-state index >= 15 is 0 Å². The Bertz CT molecular complexity index is 811. The third kappa shape index (κ3) is 2.20. The average Bonchev–Trinajstić information content (AvgIpc) is 2.84. The molecule has 3 rings (SSSR count). The van der Waals surface area contributed by atoms with Gasteiger partial charge >= 0.3 is 0 Å². The molecule has 5 heteroatoms. The third-order valence-electron chi connectivity index (χ3n) is 3.51. The van der Waals surface area contributed by atoms with E-state index in [1.807, 2.05) is 29.7 Å². The Morgan fingerprint density at radius 2 is 2.05 bits per heavy atom. The number of fused-ring (bicyclic) bond motifs is 1. The summed E-state index contributed by atoms with van der Waals surface area (Å²) in [7, 11) is 1.58. The summed E-state index contributed by atoms with van der Waals surface area (Å²) < 4.78 is 20.6. The number of aryl methyl sites for hydroxylation is 1. The van der Waals surface area contributed by atoms with Crippen molar-refractivity contribution in [3.63, 3.8) is 0 Å². The Balaban J connectivity index is 2.22. The number of halogens is 1. The van der Waals surface area contributed by atoms with Gasteiger partial charge in [0.05, 0.1) is 23.8 Å². The van der Waals surface area contributed by atoms with Crippen molar-refractivity contribution in [3.05, 3.63) is 42.2 Å². The summed E-state index contributed by atoms with van der Waals surface area (Å²) in [6.45, 7) is 2.70. The molecule has 0 amide bonds. The van der Waals surface area contributed by atoms with Gasteiger partial charge in [0, 0.05) is 12.1 Å². The first-order valence-corrected chi connectivity index (χ1v) is 6.73. The Labute approximate surface area is 122 Å². The summed E-state index contributed by atoms with van der Waals surface area (Å²) in [6.07, 6.45) is 0. The highest BCUT2D eigenvalue weighted by Gasteiger charge is 2.13. The van der Waals surface area contributed by atoms with Crippen LogP contribution in [0.1, 0.15) is 6.92 Å². The number of methoxy groups -OCH3 is 1. The summed E-state index contributed by atoms with van der Waals surface area (Å²) in [4.78, 5) is 4.59. The van der Waals surface area contributed by atoms with Crippen LogP contribution >= 0.6 is 0 Å². The van der Waals surface area contributed by atoms with Gasteiger partial charge in [-0.05, 0) is 43.3 Å². The van der Waals surface area contributed by atoms with Crippen LogP contribution in [0.5, 0.6) is 5.75 Å². The van der Waals surface area contributed by atoms with Crippen molar-refractivity contribution in [1.82, 2.24) is 9.55 Å². The number of nitrogen functional groups attached to an aromatic ring is 1. The predicted molar refractivity (Wildman–Crippen MR) is 81.8 cm³/mol. The molecule has 2 N–H and O–H groups in total. The highest BCUT2D eigenvalue weighted by molar-refractivity contribution is 5.81. The smallest absolute Gasteiger partial charge is 0.141 e. The quantitative estimate of drug-likeness (QED) is 0.750. The van der Waals surface area contributed by atoms with E-state index in [2.05, 4.69) is 4.98 Å². The minimum atomic E-state index is -0.266. The second-order valence-corrected chi connectivity index (χ2v) is 4.77. The number of nitrogens with zero attached hydrogens (tertiary/aromatic N) is 2. The van der Waals surface area contributed by atoms with E-state index in [4.69, 9.17) is 10.5 Å². The van der Waals surface area contributed by atoms with Crippen LogP contribution in [0, 0.1) is 5.82 Å². The molecule has 3 aromatic rings. The fraction of sp³-hybridized carbons (Fsp3) is 0.188. The fourth-order valence-corrected chi connectivity index (χ4v) is 2.51. The molecule has 108 valence electrons. The van der Waals surface area contributed by atoms with Crippen LogP contribution in [0.15, 0.2) is 36.4 Å². The van der Waals surface area contributed by atoms with Gasteiger partial charge in [-0.25, -0.2) is 9.37 Å². The van der Waals surface area contributed by atoms with Crippen molar-refractivity contribution in [2.24, 2.45) is 0 Å². The lowest BCUT2D eigenvalue weighted by atomic mass is 10.1. The lowest BCUT2D eigenvalue weighted by molar-refractivity contribution is 0.417. The zero-order chi connectivity index (χ0) is 15.0. The first kappa shape index (κ1) is 13.4. The summed E-state index contributed by atoms with van der Waals surface area (Å²) in [5.74, 6) is 1.13. The molecule has 2 aromatic carbocycles. The summed E-state index contributed by atoms with van der Waals surface area (Å²) in [5, 5.41) is 0. The molecule has 1 aromatic heterocycles. The van der Waals surface area contributed by atoms with E-state index < -0.39 is 0 Å². The first-order chi connectivity index (χ1) is 10.1. The second-order valence-electron chi connectivity index (χ2n) is 4.77. The number of hydrogen-bond donors (Lipinski definition) is 1. The van der Waals surface area contributed by atoms with E-state index in [1.165, 1.54) is 12.1 Å². The topological polar surface area (TPSA) is 53.1 Å². The van der Waals surface area contributed by atoms with Crippen LogP contribution in [0.2, 0.25) is 0 Å². The molecule has 0 aliphatic carbocycles. The molecule has 0 unspecified atom stereocenters. The van der Waals surface area contributed by atoms with Crippen LogP contribution < -0.4 is 10.5 Å². The number of hydrogen-bond acceptors (Lipinski definition) is 3. The molecule has 21 heavy (non-hydrogen) atoms. The Hall–Kier alpha value is -2.56. The highest BCUT2D eigenvalue weighted by Crippen LogP contribution is 2.30. The predicted octanol–water partition coefficient (Wildman–Crippen LogP) is 3.45. The van der Waals surface area contributed by atoms with Gasteiger partial charge in [-0.15, -0.1) is 0 Å². The number of benzene rings is 2. The van der Waals surface area contributed by atoms with Crippen molar-refractivity contribution in [1.29, 1.82) is 0 Å². The molecule has 0 bridgehead atoms. The number of nitrogens with two attached hydrogens (primary N) is 1. The SMILES string of the molecule is CCn1c(-c2ccc(OC)c(N)c2)nc2ccc(F)cc21. The molecule has 0 saturated carbocycles. The van der Waals surface area contributed by atoms with Gasteiger partial charge in [-0.3, -0.25) is 0 Å². The zero-order valence-electron chi connectivity index (χ0n) is 11.9. The summed E-state index contributed by atoms with van der Waals surface area (Å²) in [5.41, 5.74) is 8.94. The van der Waals surface area contributed by atoms with Crippen molar-refractivity contribution in [2.75, 3.05) is 12.8 Å². The molecule has 4 nitrogen and oxygen atoms in total. The minimum absolute atomic E-state index is 0.266. The monoisotopic (exact) mass is 285 g/mol. The van der Waals surface area contributed by atoms with Crippen LogP contribution in [0.4, 0.5) is 10.1 Å². The number of rotatable bonds is 3. The molecule has 0 spiro atoms. The molecule has 0 radical (unpaired) electrons. The standard InChI is InChI=1S/C16H16FN3O/c1-3-20-14-9-11(17)5-6-13(14)19-16(20)10-4-7-15(21-2)12(18)8-10/h4-9H,3,18H2,1-2H3. The van der Waals surface area contributed by atoms with Gasteiger partial charge in [0.2, 0.25) is 0 Å². The van der Waals surface area contributed by atoms with Crippen molar-refractivity contribution < 1.29 is 9.13 Å². The second kappa shape index (κ2) is 5.09. The van der Waals surface area contributed by atoms with Crippen LogP contribution in [0.25, 0.3) is 22.4 Å². The van der Waals surface area contributed by atoms with E-state index in [-0.39, 0.29) is 5.82 Å². The lowest BCUT2D eigenvalue weighted by Crippen LogP contribution is -1.99. The molecule has 0 aliphatic heterocycles. The molecule has 0 fully saturated rings. The molecule has 0 atom stereocenters. The number of aromatic nitrogens is 2. The van der Waals surface area contributed by atoms with Gasteiger partial charge in [-0.1, -0.05) is 0 Å². The van der Waals surface area contributed by atoms with Gasteiger partial charge in [-0.2, -0.15) is 0 Å². The maximum absolute atomic E-state index is 13.4. The average molecular weight is 285 g/mol. The van der Waals surface area contributed by atoms with Gasteiger partial charge in [0.1, 0.15) is 17.4 Å². The van der Waals surface area contributed by atoms with Crippen molar-refractivity contribution in [3.8, 4) is 17.1 Å². The summed E-state index contributed by atoms with van der Waals surface area (Å²) >= 11 is 0. The third-order valence-corrected chi connectivity index (χ3v) is 3.51. The maximum Gasteiger partial charge on any atom is 0.141 e. The van der Waals surface area contributed by atoms with Crippen LogP contribution in [-0.2, 0) is 6.54 Å². The maximum atomic E-state index is 13.4. The van der Waals surface area contributed by atoms with Crippen LogP contribution in [0.3, 0.4) is 0 Å². The van der Waals surface area contributed by atoms with Crippen LogP contribution in [-0.4, -0.2) is 16.7 Å². The summed E-state index contributed by atoms with van der Waals surface area (Å²) in [6, 6.07) is 10.1. The Morgan fingerprint density at radius 3 is 2.71 bits per heavy atom. The lowest BCUT2D eigenvalue weighted by Gasteiger charge is -2.09. The van der Waals surface area contributed by atoms with Gasteiger partial charge in [0.15, 0.2) is 0 Å². The van der Waals surface area contributed by atoms with E-state index in [0.717, 1.165) is 22.4 Å². The highest BCUT2D eigenvalue weighted by atomic mass is 19.1. The van der Waals surface area contributed by atoms with E-state index in [9.17, 15) is 4.39 Å². The van der Waals surface area contributed by atoms with E-state index in [0.29, 0.717) is 18.0 Å². The minimum Gasteiger partial charge on any atom is -0.495 e. The molecular weight excluding hydrogens is 269 g/mol. The van der Waals surface area contributed by atoms with Crippen molar-refractivity contribution >= 4 is 16.7 Å². The van der Waals surface area contributed by atoms with Crippen molar-refractivity contribution in [2.45, 2.75) is 13.5 Å². The van der Waals surface area contributed by atoms with Gasteiger partial charge in [0.25, 0.3) is 0 Å². The molecule has 0 saturated heterocycles. The molecular formula is C16H16FN3O. The molecule has 1 heterocycles. The normalized spacial score (nSPS) is 11.0. The fourth-order valence-electron chi connectivity index (χ4n) is 2.51. The first-order valence-electron chi connectivity index (χ1n) is 6.73. The largest absolute Gasteiger partial charge is 0.495 e. The zero-order valence-corrected chi connectivity index (χ0v) is 11.9. The van der Waals surface area contributed by atoms with E-state index in [1.54, 1.807) is 13.2 Å². The number of ether oxygens (including phenoxy) is 1. The Morgan fingerprint density at radius 1 is 1.24 bits per heavy atom. The van der Waals surface area contributed by atoms with Gasteiger partial charge < -0.3 is 15.0 Å².